The highest BCUT2D eigenvalue weighted by atomic mass is 16.2. The van der Waals surface area contributed by atoms with Gasteiger partial charge >= 0.3 is 0 Å². The van der Waals surface area contributed by atoms with Crippen molar-refractivity contribution in [2.24, 2.45) is 17.1 Å². The number of rotatable bonds is 3. The third kappa shape index (κ3) is 4.07. The van der Waals surface area contributed by atoms with Gasteiger partial charge in [-0.1, -0.05) is 39.0 Å². The molecule has 1 aliphatic heterocycles. The first-order valence-electron chi connectivity index (χ1n) is 8.02. The first kappa shape index (κ1) is 16.0. The molecule has 1 aromatic carbocycles. The van der Waals surface area contributed by atoms with E-state index in [1.807, 2.05) is 11.0 Å². The molecular weight excluding hydrogens is 260 g/mol. The Balaban J connectivity index is 2.25. The number of carbonyl (C=O) groups excluding carboxylic acids is 1. The van der Waals surface area contributed by atoms with Gasteiger partial charge in [-0.25, -0.2) is 0 Å². The minimum atomic E-state index is -0.0869. The van der Waals surface area contributed by atoms with Crippen LogP contribution in [0.15, 0.2) is 24.3 Å². The standard InChI is InChI=1S/C18H28N2O/c1-18(2,3)12-15(13-19)17(21)20-11-7-6-9-14-8-4-5-10-16(14)20/h4-5,8,10,15H,6-7,9,11-13,19H2,1-3H3. The van der Waals surface area contributed by atoms with E-state index in [9.17, 15) is 4.79 Å². The van der Waals surface area contributed by atoms with Gasteiger partial charge in [0, 0.05) is 18.8 Å². The molecule has 0 spiro atoms. The molecule has 0 saturated carbocycles. The molecule has 1 unspecified atom stereocenters. The molecule has 0 aliphatic carbocycles. The maximum atomic E-state index is 13.0. The zero-order chi connectivity index (χ0) is 15.5. The molecule has 0 bridgehead atoms. The molecule has 0 aromatic heterocycles. The van der Waals surface area contributed by atoms with Gasteiger partial charge in [0.15, 0.2) is 0 Å². The molecular formula is C18H28N2O. The molecule has 116 valence electrons. The van der Waals surface area contributed by atoms with Crippen LogP contribution in [0.2, 0.25) is 0 Å². The van der Waals surface area contributed by atoms with Gasteiger partial charge < -0.3 is 10.6 Å². The Morgan fingerprint density at radius 1 is 1.29 bits per heavy atom. The van der Waals surface area contributed by atoms with Gasteiger partial charge in [-0.3, -0.25) is 4.79 Å². The van der Waals surface area contributed by atoms with Crippen molar-refractivity contribution in [2.75, 3.05) is 18.0 Å². The van der Waals surface area contributed by atoms with Gasteiger partial charge in [-0.2, -0.15) is 0 Å². The number of hydrogen-bond acceptors (Lipinski definition) is 2. The van der Waals surface area contributed by atoms with Crippen molar-refractivity contribution in [1.29, 1.82) is 0 Å². The van der Waals surface area contributed by atoms with Crippen LogP contribution in [0.5, 0.6) is 0 Å². The van der Waals surface area contributed by atoms with Gasteiger partial charge in [0.25, 0.3) is 0 Å². The minimum Gasteiger partial charge on any atom is -0.330 e. The quantitative estimate of drug-likeness (QED) is 0.927. The fourth-order valence-electron chi connectivity index (χ4n) is 3.15. The highest BCUT2D eigenvalue weighted by Crippen LogP contribution is 2.30. The Hall–Kier alpha value is -1.35. The SMILES string of the molecule is CC(C)(C)CC(CN)C(=O)N1CCCCc2ccccc21. The summed E-state index contributed by atoms with van der Waals surface area (Å²) in [7, 11) is 0. The number of nitrogens with zero attached hydrogens (tertiary/aromatic N) is 1. The summed E-state index contributed by atoms with van der Waals surface area (Å²) in [5.41, 5.74) is 8.39. The summed E-state index contributed by atoms with van der Waals surface area (Å²) in [5, 5.41) is 0. The Labute approximate surface area is 128 Å². The second kappa shape index (κ2) is 6.61. The predicted molar refractivity (Wildman–Crippen MR) is 88.3 cm³/mol. The van der Waals surface area contributed by atoms with E-state index in [-0.39, 0.29) is 17.2 Å². The average Bonchev–Trinajstić information content (AvgIpc) is 2.65. The largest absolute Gasteiger partial charge is 0.330 e. The summed E-state index contributed by atoms with van der Waals surface area (Å²) in [4.78, 5) is 14.9. The molecule has 0 fully saturated rings. The van der Waals surface area contributed by atoms with Crippen molar-refractivity contribution in [3.63, 3.8) is 0 Å². The van der Waals surface area contributed by atoms with Gasteiger partial charge in [-0.05, 0) is 42.7 Å². The number of amides is 1. The number of benzene rings is 1. The van der Waals surface area contributed by atoms with Crippen molar-refractivity contribution in [3.8, 4) is 0 Å². The topological polar surface area (TPSA) is 46.3 Å². The number of para-hydroxylation sites is 1. The lowest BCUT2D eigenvalue weighted by Crippen LogP contribution is -2.41. The molecule has 1 aliphatic rings. The molecule has 3 heteroatoms. The zero-order valence-corrected chi connectivity index (χ0v) is 13.6. The van der Waals surface area contributed by atoms with Crippen LogP contribution in [-0.4, -0.2) is 19.0 Å². The molecule has 2 N–H and O–H groups in total. The fraction of sp³-hybridized carbons (Fsp3) is 0.611. The third-order valence-corrected chi connectivity index (χ3v) is 4.12. The van der Waals surface area contributed by atoms with Gasteiger partial charge in [0.1, 0.15) is 0 Å². The van der Waals surface area contributed by atoms with E-state index in [0.29, 0.717) is 6.54 Å². The summed E-state index contributed by atoms with van der Waals surface area (Å²) >= 11 is 0. The summed E-state index contributed by atoms with van der Waals surface area (Å²) in [6.07, 6.45) is 4.11. The van der Waals surface area contributed by atoms with E-state index in [1.54, 1.807) is 0 Å². The molecule has 21 heavy (non-hydrogen) atoms. The third-order valence-electron chi connectivity index (χ3n) is 4.12. The Morgan fingerprint density at radius 2 is 2.00 bits per heavy atom. The van der Waals surface area contributed by atoms with Crippen molar-refractivity contribution >= 4 is 11.6 Å². The van der Waals surface area contributed by atoms with E-state index in [2.05, 4.69) is 39.0 Å². The van der Waals surface area contributed by atoms with Crippen molar-refractivity contribution in [1.82, 2.24) is 0 Å². The van der Waals surface area contributed by atoms with Crippen LogP contribution >= 0.6 is 0 Å². The van der Waals surface area contributed by atoms with Crippen LogP contribution in [0.1, 0.15) is 45.6 Å². The lowest BCUT2D eigenvalue weighted by Gasteiger charge is -2.30. The average molecular weight is 288 g/mol. The molecule has 1 aromatic rings. The number of nitrogens with two attached hydrogens (primary N) is 1. The molecule has 1 amide bonds. The van der Waals surface area contributed by atoms with Crippen molar-refractivity contribution < 1.29 is 4.79 Å². The van der Waals surface area contributed by atoms with Crippen LogP contribution in [0.25, 0.3) is 0 Å². The van der Waals surface area contributed by atoms with E-state index in [1.165, 1.54) is 5.56 Å². The number of hydrogen-bond donors (Lipinski definition) is 1. The second-order valence-corrected chi connectivity index (χ2v) is 7.27. The van der Waals surface area contributed by atoms with Crippen LogP contribution in [-0.2, 0) is 11.2 Å². The first-order chi connectivity index (χ1) is 9.92. The fourth-order valence-corrected chi connectivity index (χ4v) is 3.15. The Bertz CT molecular complexity index is 490. The molecule has 3 nitrogen and oxygen atoms in total. The number of fused-ring (bicyclic) bond motifs is 1. The Kier molecular flexibility index (Phi) is 5.04. The molecule has 0 saturated heterocycles. The van der Waals surface area contributed by atoms with Crippen molar-refractivity contribution in [3.05, 3.63) is 29.8 Å². The van der Waals surface area contributed by atoms with E-state index < -0.39 is 0 Å². The number of carbonyl (C=O) groups is 1. The second-order valence-electron chi connectivity index (χ2n) is 7.27. The summed E-state index contributed by atoms with van der Waals surface area (Å²) in [6, 6.07) is 8.29. The highest BCUT2D eigenvalue weighted by molar-refractivity contribution is 5.96. The predicted octanol–water partition coefficient (Wildman–Crippen LogP) is 3.37. The van der Waals surface area contributed by atoms with E-state index >= 15 is 0 Å². The summed E-state index contributed by atoms with van der Waals surface area (Å²) in [6.45, 7) is 7.74. The smallest absolute Gasteiger partial charge is 0.231 e. The maximum Gasteiger partial charge on any atom is 0.231 e. The zero-order valence-electron chi connectivity index (χ0n) is 13.6. The van der Waals surface area contributed by atoms with Gasteiger partial charge in [0.2, 0.25) is 5.91 Å². The number of anilines is 1. The maximum absolute atomic E-state index is 13.0. The minimum absolute atomic E-state index is 0.0869. The van der Waals surface area contributed by atoms with E-state index in [4.69, 9.17) is 5.73 Å². The molecule has 0 radical (unpaired) electrons. The number of aryl methyl sites for hydroxylation is 1. The highest BCUT2D eigenvalue weighted by Gasteiger charge is 2.29. The van der Waals surface area contributed by atoms with E-state index in [0.717, 1.165) is 37.9 Å². The van der Waals surface area contributed by atoms with Crippen LogP contribution in [0, 0.1) is 11.3 Å². The Morgan fingerprint density at radius 3 is 2.67 bits per heavy atom. The van der Waals surface area contributed by atoms with Crippen LogP contribution in [0.3, 0.4) is 0 Å². The lowest BCUT2D eigenvalue weighted by atomic mass is 9.84. The summed E-state index contributed by atoms with van der Waals surface area (Å²) in [5.74, 6) is 0.109. The van der Waals surface area contributed by atoms with Gasteiger partial charge in [-0.15, -0.1) is 0 Å². The van der Waals surface area contributed by atoms with Crippen LogP contribution < -0.4 is 10.6 Å². The first-order valence-corrected chi connectivity index (χ1v) is 8.02. The van der Waals surface area contributed by atoms with Crippen LogP contribution in [0.4, 0.5) is 5.69 Å². The van der Waals surface area contributed by atoms with Gasteiger partial charge in [0.05, 0.1) is 5.92 Å². The lowest BCUT2D eigenvalue weighted by molar-refractivity contribution is -0.123. The normalized spacial score (nSPS) is 17.0. The molecule has 1 heterocycles. The monoisotopic (exact) mass is 288 g/mol. The summed E-state index contributed by atoms with van der Waals surface area (Å²) < 4.78 is 0. The molecule has 2 rings (SSSR count). The molecule has 1 atom stereocenters. The van der Waals surface area contributed by atoms with Crippen molar-refractivity contribution in [2.45, 2.75) is 46.5 Å².